The summed E-state index contributed by atoms with van der Waals surface area (Å²) in [7, 11) is -3.08. The minimum absolute atomic E-state index is 0.0973. The molecule has 0 spiro atoms. The number of nitrogens with zero attached hydrogens (tertiary/aromatic N) is 3. The van der Waals surface area contributed by atoms with Gasteiger partial charge < -0.3 is 9.80 Å². The second kappa shape index (κ2) is 6.80. The maximum atomic E-state index is 11.9. The maximum Gasteiger partial charge on any atom is 0.211 e. The van der Waals surface area contributed by atoms with E-state index in [1.165, 1.54) is 17.6 Å². The molecule has 0 N–H and O–H groups in total. The van der Waals surface area contributed by atoms with Crippen molar-refractivity contribution in [3.8, 4) is 0 Å². The summed E-state index contributed by atoms with van der Waals surface area (Å²) in [6.07, 6.45) is 3.39. The van der Waals surface area contributed by atoms with Gasteiger partial charge in [-0.3, -0.25) is 0 Å². The highest BCUT2D eigenvalue weighted by Crippen LogP contribution is 2.37. The molecule has 1 atom stereocenters. The molecule has 0 aliphatic carbocycles. The summed E-state index contributed by atoms with van der Waals surface area (Å²) in [6.45, 7) is 11.0. The summed E-state index contributed by atoms with van der Waals surface area (Å²) >= 11 is 0. The summed E-state index contributed by atoms with van der Waals surface area (Å²) in [5, 5.41) is 0. The topological polar surface area (TPSA) is 43.9 Å². The fraction of sp³-hybridized carbons (Fsp3) is 0.684. The number of sulfonamides is 1. The van der Waals surface area contributed by atoms with Crippen molar-refractivity contribution in [1.82, 2.24) is 4.31 Å². The molecule has 1 aromatic rings. The summed E-state index contributed by atoms with van der Waals surface area (Å²) in [4.78, 5) is 4.93. The largest absolute Gasteiger partial charge is 0.368 e. The van der Waals surface area contributed by atoms with E-state index in [1.807, 2.05) is 0 Å². The van der Waals surface area contributed by atoms with Crippen LogP contribution in [0, 0.1) is 5.92 Å². The van der Waals surface area contributed by atoms with Crippen LogP contribution in [0.5, 0.6) is 0 Å². The van der Waals surface area contributed by atoms with Crippen LogP contribution in [0.1, 0.15) is 33.6 Å². The molecule has 1 aromatic carbocycles. The average Bonchev–Trinajstić information content (AvgIpc) is 2.53. The van der Waals surface area contributed by atoms with Gasteiger partial charge in [0.05, 0.1) is 17.6 Å². The lowest BCUT2D eigenvalue weighted by molar-refractivity contribution is 0.268. The quantitative estimate of drug-likeness (QED) is 0.826. The van der Waals surface area contributed by atoms with E-state index in [4.69, 9.17) is 0 Å². The van der Waals surface area contributed by atoms with Crippen molar-refractivity contribution < 1.29 is 8.42 Å². The van der Waals surface area contributed by atoms with E-state index in [-0.39, 0.29) is 5.54 Å². The van der Waals surface area contributed by atoms with Crippen LogP contribution in [0.15, 0.2) is 24.3 Å². The van der Waals surface area contributed by atoms with E-state index in [2.05, 4.69) is 54.8 Å². The van der Waals surface area contributed by atoms with Gasteiger partial charge in [-0.05, 0) is 51.7 Å². The number of hydrogen-bond donors (Lipinski definition) is 0. The Morgan fingerprint density at radius 3 is 2.40 bits per heavy atom. The Bertz CT molecular complexity index is 712. The molecule has 2 aliphatic rings. The van der Waals surface area contributed by atoms with Gasteiger partial charge in [-0.15, -0.1) is 0 Å². The third-order valence-electron chi connectivity index (χ3n) is 5.35. The van der Waals surface area contributed by atoms with E-state index >= 15 is 0 Å². The van der Waals surface area contributed by atoms with E-state index < -0.39 is 10.0 Å². The molecule has 140 valence electrons. The van der Waals surface area contributed by atoms with Crippen LogP contribution in [-0.2, 0) is 10.0 Å². The van der Waals surface area contributed by atoms with Gasteiger partial charge in [0.25, 0.3) is 0 Å². The lowest BCUT2D eigenvalue weighted by atomic mass is 9.97. The fourth-order valence-electron chi connectivity index (χ4n) is 4.10. The van der Waals surface area contributed by atoms with Crippen LogP contribution in [0.25, 0.3) is 0 Å². The Morgan fingerprint density at radius 1 is 1.08 bits per heavy atom. The third kappa shape index (κ3) is 4.11. The molecule has 1 unspecified atom stereocenters. The van der Waals surface area contributed by atoms with Crippen LogP contribution < -0.4 is 9.80 Å². The second-order valence-electron chi connectivity index (χ2n) is 8.39. The Morgan fingerprint density at radius 2 is 1.76 bits per heavy atom. The number of piperidine rings is 1. The summed E-state index contributed by atoms with van der Waals surface area (Å²) in [6, 6.07) is 8.61. The molecule has 2 aliphatic heterocycles. The molecule has 25 heavy (non-hydrogen) atoms. The van der Waals surface area contributed by atoms with Gasteiger partial charge >= 0.3 is 0 Å². The molecule has 1 saturated heterocycles. The van der Waals surface area contributed by atoms with Crippen molar-refractivity contribution in [2.75, 3.05) is 48.8 Å². The van der Waals surface area contributed by atoms with Crippen molar-refractivity contribution in [2.24, 2.45) is 5.92 Å². The summed E-state index contributed by atoms with van der Waals surface area (Å²) < 4.78 is 25.4. The Balaban J connectivity index is 1.77. The van der Waals surface area contributed by atoms with Gasteiger partial charge in [-0.1, -0.05) is 12.1 Å². The van der Waals surface area contributed by atoms with Gasteiger partial charge in [0.2, 0.25) is 10.0 Å². The molecule has 2 heterocycles. The van der Waals surface area contributed by atoms with E-state index in [9.17, 15) is 8.42 Å². The van der Waals surface area contributed by atoms with Crippen LogP contribution in [0.3, 0.4) is 0 Å². The molecule has 5 nitrogen and oxygen atoms in total. The van der Waals surface area contributed by atoms with Gasteiger partial charge in [0.15, 0.2) is 0 Å². The normalized spacial score (nSPS) is 22.8. The van der Waals surface area contributed by atoms with Crippen LogP contribution >= 0.6 is 0 Å². The Hall–Kier alpha value is -1.27. The number of hydrogen-bond acceptors (Lipinski definition) is 4. The van der Waals surface area contributed by atoms with Crippen molar-refractivity contribution in [2.45, 2.75) is 39.2 Å². The first-order valence-electron chi connectivity index (χ1n) is 9.23. The smallest absolute Gasteiger partial charge is 0.211 e. The van der Waals surface area contributed by atoms with Gasteiger partial charge in [0, 0.05) is 38.3 Å². The maximum absolute atomic E-state index is 11.9. The number of anilines is 2. The Kier molecular flexibility index (Phi) is 5.04. The number of benzene rings is 1. The van der Waals surface area contributed by atoms with Crippen LogP contribution in [0.4, 0.5) is 11.4 Å². The molecule has 6 heteroatoms. The Labute approximate surface area is 152 Å². The lowest BCUT2D eigenvalue weighted by Crippen LogP contribution is -2.51. The van der Waals surface area contributed by atoms with E-state index in [0.29, 0.717) is 19.0 Å². The zero-order chi connectivity index (χ0) is 18.2. The average molecular weight is 366 g/mol. The first kappa shape index (κ1) is 18.5. The first-order chi connectivity index (χ1) is 11.7. The predicted octanol–water partition coefficient (Wildman–Crippen LogP) is 2.78. The number of fused-ring (bicyclic) bond motifs is 1. The zero-order valence-electron chi connectivity index (χ0n) is 15.9. The minimum Gasteiger partial charge on any atom is -0.368 e. The molecule has 1 fully saturated rings. The van der Waals surface area contributed by atoms with Gasteiger partial charge in [0.1, 0.15) is 0 Å². The lowest BCUT2D eigenvalue weighted by Gasteiger charge is -2.46. The summed E-state index contributed by atoms with van der Waals surface area (Å²) in [5.41, 5.74) is 2.66. The minimum atomic E-state index is -3.08. The van der Waals surface area contributed by atoms with Crippen LogP contribution in [0.2, 0.25) is 0 Å². The molecular weight excluding hydrogens is 334 g/mol. The van der Waals surface area contributed by atoms with Gasteiger partial charge in [-0.2, -0.15) is 0 Å². The number of rotatable bonds is 3. The molecule has 3 rings (SSSR count). The highest BCUT2D eigenvalue weighted by Gasteiger charge is 2.32. The fourth-order valence-corrected chi connectivity index (χ4v) is 5.04. The van der Waals surface area contributed by atoms with E-state index in [0.717, 1.165) is 32.5 Å². The molecular formula is C19H31N3O2S. The van der Waals surface area contributed by atoms with Crippen LogP contribution in [-0.4, -0.2) is 57.2 Å². The number of para-hydroxylation sites is 2. The van der Waals surface area contributed by atoms with Crippen molar-refractivity contribution in [3.05, 3.63) is 24.3 Å². The molecule has 0 radical (unpaired) electrons. The highest BCUT2D eigenvalue weighted by atomic mass is 32.2. The zero-order valence-corrected chi connectivity index (χ0v) is 16.7. The SMILES string of the molecule is CC(C)(C)N1CCN(CC2CCCN(S(C)(=O)=O)C2)c2ccccc21. The first-order valence-corrected chi connectivity index (χ1v) is 11.1. The van der Waals surface area contributed by atoms with Gasteiger partial charge in [-0.25, -0.2) is 12.7 Å². The van der Waals surface area contributed by atoms with Crippen molar-refractivity contribution >= 4 is 21.4 Å². The van der Waals surface area contributed by atoms with Crippen molar-refractivity contribution in [1.29, 1.82) is 0 Å². The van der Waals surface area contributed by atoms with Crippen molar-refractivity contribution in [3.63, 3.8) is 0 Å². The second-order valence-corrected chi connectivity index (χ2v) is 10.4. The molecule has 0 amide bonds. The highest BCUT2D eigenvalue weighted by molar-refractivity contribution is 7.88. The predicted molar refractivity (Wildman–Crippen MR) is 105 cm³/mol. The summed E-state index contributed by atoms with van der Waals surface area (Å²) in [5.74, 6) is 0.401. The monoisotopic (exact) mass is 365 g/mol. The molecule has 0 bridgehead atoms. The third-order valence-corrected chi connectivity index (χ3v) is 6.62. The molecule has 0 saturated carbocycles. The molecule has 0 aromatic heterocycles. The van der Waals surface area contributed by atoms with E-state index in [1.54, 1.807) is 4.31 Å². The standard InChI is InChI=1S/C19H31N3O2S/c1-19(2,3)22-13-12-20(17-9-5-6-10-18(17)22)14-16-8-7-11-21(15-16)25(4,23)24/h5-6,9-10,16H,7-8,11-15H2,1-4H3.